The number of aromatic nitrogens is 2. The number of sulfonamides is 1. The average Bonchev–Trinajstić information content (AvgIpc) is 3.02. The Morgan fingerprint density at radius 1 is 0.907 bits per heavy atom. The molecular formula is C34H35N3O5S. The van der Waals surface area contributed by atoms with Gasteiger partial charge in [0.1, 0.15) is 11.4 Å². The number of rotatable bonds is 11. The Kier molecular flexibility index (Phi) is 9.03. The second-order valence-electron chi connectivity index (χ2n) is 10.9. The molecule has 9 heteroatoms. The molecule has 0 fully saturated rings. The Labute approximate surface area is 252 Å². The zero-order chi connectivity index (χ0) is 30.5. The molecule has 1 unspecified atom stereocenters. The Morgan fingerprint density at radius 3 is 2.05 bits per heavy atom. The zero-order valence-electron chi connectivity index (χ0n) is 24.0. The van der Waals surface area contributed by atoms with Crippen molar-refractivity contribution in [1.29, 1.82) is 0 Å². The number of hydrogen-bond donors (Lipinski definition) is 2. The highest BCUT2D eigenvalue weighted by Gasteiger charge is 2.43. The maximum absolute atomic E-state index is 13.9. The van der Waals surface area contributed by atoms with Crippen LogP contribution in [0.3, 0.4) is 0 Å². The summed E-state index contributed by atoms with van der Waals surface area (Å²) in [5.41, 5.74) is 3.28. The van der Waals surface area contributed by atoms with Crippen LogP contribution in [0.5, 0.6) is 0 Å². The van der Waals surface area contributed by atoms with Crippen molar-refractivity contribution >= 4 is 16.0 Å². The Hall–Kier alpha value is -4.34. The average molecular weight is 598 g/mol. The number of nitrogens with zero attached hydrogens (tertiary/aromatic N) is 2. The van der Waals surface area contributed by atoms with Gasteiger partial charge in [0.15, 0.2) is 0 Å². The molecule has 1 aromatic heterocycles. The highest BCUT2D eigenvalue weighted by molar-refractivity contribution is 7.89. The first-order valence-corrected chi connectivity index (χ1v) is 15.9. The standard InChI is InChI=1S/C34H35N3O5S/c1-2-26(27-15-9-10-16-28(27)29-19-22-36-33(37-29)43(35,40)41)31-30(38)23-34(42-32(31)39,20-17-24-11-5-3-6-12-24)21-18-25-13-7-4-8-14-25/h3-16,19,22,26,38H,2,17-18,20-21,23H2,1H3,(H2,35,40,41). The number of aryl methyl sites for hydroxylation is 2. The lowest BCUT2D eigenvalue weighted by Crippen LogP contribution is -2.42. The molecule has 4 aromatic rings. The van der Waals surface area contributed by atoms with Gasteiger partial charge in [0.2, 0.25) is 0 Å². The van der Waals surface area contributed by atoms with Gasteiger partial charge in [0.25, 0.3) is 15.2 Å². The van der Waals surface area contributed by atoms with Crippen molar-refractivity contribution in [1.82, 2.24) is 9.97 Å². The maximum Gasteiger partial charge on any atom is 0.338 e. The van der Waals surface area contributed by atoms with Gasteiger partial charge in [-0.15, -0.1) is 0 Å². The van der Waals surface area contributed by atoms with E-state index in [1.165, 1.54) is 6.20 Å². The summed E-state index contributed by atoms with van der Waals surface area (Å²) in [4.78, 5) is 21.9. The number of aliphatic hydroxyl groups excluding tert-OH is 1. The summed E-state index contributed by atoms with van der Waals surface area (Å²) in [6, 6.07) is 29.0. The molecule has 222 valence electrons. The Bertz CT molecular complexity index is 1680. The normalized spacial score (nSPS) is 15.6. The van der Waals surface area contributed by atoms with Gasteiger partial charge >= 0.3 is 5.97 Å². The van der Waals surface area contributed by atoms with E-state index in [1.54, 1.807) is 18.2 Å². The van der Waals surface area contributed by atoms with Crippen LogP contribution in [-0.2, 0) is 32.4 Å². The number of carbonyl (C=O) groups is 1. The summed E-state index contributed by atoms with van der Waals surface area (Å²) in [6.45, 7) is 1.93. The summed E-state index contributed by atoms with van der Waals surface area (Å²) < 4.78 is 30.2. The molecule has 3 aromatic carbocycles. The smallest absolute Gasteiger partial charge is 0.338 e. The molecule has 0 aliphatic carbocycles. The summed E-state index contributed by atoms with van der Waals surface area (Å²) in [5.74, 6) is -1.04. The molecule has 0 saturated heterocycles. The van der Waals surface area contributed by atoms with E-state index in [1.807, 2.05) is 55.5 Å². The van der Waals surface area contributed by atoms with E-state index in [-0.39, 0.29) is 17.8 Å². The van der Waals surface area contributed by atoms with Crippen molar-refractivity contribution in [2.45, 2.75) is 62.1 Å². The van der Waals surface area contributed by atoms with Crippen molar-refractivity contribution in [2.75, 3.05) is 0 Å². The first-order valence-electron chi connectivity index (χ1n) is 14.4. The molecule has 1 aliphatic rings. The van der Waals surface area contributed by atoms with Crippen LogP contribution in [0, 0.1) is 0 Å². The van der Waals surface area contributed by atoms with Gasteiger partial charge in [-0.3, -0.25) is 0 Å². The summed E-state index contributed by atoms with van der Waals surface area (Å²) in [5, 5.41) is 16.4. The number of ether oxygens (including phenoxy) is 1. The van der Waals surface area contributed by atoms with Crippen LogP contribution in [0.2, 0.25) is 0 Å². The lowest BCUT2D eigenvalue weighted by Gasteiger charge is -2.39. The highest BCUT2D eigenvalue weighted by atomic mass is 32.2. The van der Waals surface area contributed by atoms with Gasteiger partial charge in [0.05, 0.1) is 11.3 Å². The molecule has 5 rings (SSSR count). The van der Waals surface area contributed by atoms with Crippen LogP contribution in [0.15, 0.2) is 114 Å². The van der Waals surface area contributed by atoms with Crippen molar-refractivity contribution in [2.24, 2.45) is 5.14 Å². The third-order valence-corrected chi connectivity index (χ3v) is 8.72. The van der Waals surface area contributed by atoms with E-state index in [4.69, 9.17) is 9.88 Å². The van der Waals surface area contributed by atoms with E-state index in [0.29, 0.717) is 48.9 Å². The maximum atomic E-state index is 13.9. The second-order valence-corrected chi connectivity index (χ2v) is 12.4. The fourth-order valence-corrected chi connectivity index (χ4v) is 6.26. The number of nitrogens with two attached hydrogens (primary N) is 1. The summed E-state index contributed by atoms with van der Waals surface area (Å²) in [7, 11) is -4.12. The molecule has 0 saturated carbocycles. The van der Waals surface area contributed by atoms with Crippen molar-refractivity contribution in [3.05, 3.63) is 125 Å². The van der Waals surface area contributed by atoms with Gasteiger partial charge < -0.3 is 9.84 Å². The van der Waals surface area contributed by atoms with Crippen molar-refractivity contribution in [3.63, 3.8) is 0 Å². The summed E-state index contributed by atoms with van der Waals surface area (Å²) >= 11 is 0. The van der Waals surface area contributed by atoms with E-state index >= 15 is 0 Å². The van der Waals surface area contributed by atoms with Crippen LogP contribution in [0.1, 0.15) is 55.2 Å². The second kappa shape index (κ2) is 12.9. The van der Waals surface area contributed by atoms with Crippen LogP contribution in [0.4, 0.5) is 0 Å². The molecule has 43 heavy (non-hydrogen) atoms. The van der Waals surface area contributed by atoms with Crippen LogP contribution < -0.4 is 5.14 Å². The minimum Gasteiger partial charge on any atom is -0.512 e. The van der Waals surface area contributed by atoms with Crippen molar-refractivity contribution < 1.29 is 23.1 Å². The predicted octanol–water partition coefficient (Wildman–Crippen LogP) is 6.05. The Balaban J connectivity index is 1.50. The van der Waals surface area contributed by atoms with Crippen LogP contribution in [0.25, 0.3) is 11.3 Å². The number of carbonyl (C=O) groups excluding carboxylic acids is 1. The minimum atomic E-state index is -4.12. The number of benzene rings is 3. The monoisotopic (exact) mass is 597 g/mol. The van der Waals surface area contributed by atoms with Crippen LogP contribution >= 0.6 is 0 Å². The topological polar surface area (TPSA) is 132 Å². The molecular weight excluding hydrogens is 562 g/mol. The number of aliphatic hydroxyl groups is 1. The largest absolute Gasteiger partial charge is 0.512 e. The van der Waals surface area contributed by atoms with Crippen molar-refractivity contribution in [3.8, 4) is 11.3 Å². The van der Waals surface area contributed by atoms with E-state index in [9.17, 15) is 18.3 Å². The fourth-order valence-electron chi connectivity index (χ4n) is 5.83. The number of hydrogen-bond acceptors (Lipinski definition) is 7. The molecule has 3 N–H and O–H groups in total. The molecule has 0 bridgehead atoms. The molecule has 0 radical (unpaired) electrons. The van der Waals surface area contributed by atoms with Gasteiger partial charge in [-0.1, -0.05) is 91.9 Å². The van der Waals surface area contributed by atoms with Gasteiger partial charge in [-0.25, -0.2) is 28.3 Å². The Morgan fingerprint density at radius 2 is 1.49 bits per heavy atom. The lowest BCUT2D eigenvalue weighted by molar-refractivity contribution is -0.161. The van der Waals surface area contributed by atoms with Gasteiger partial charge in [-0.05, 0) is 54.9 Å². The zero-order valence-corrected chi connectivity index (χ0v) is 24.8. The highest BCUT2D eigenvalue weighted by Crippen LogP contribution is 2.43. The first kappa shape index (κ1) is 30.1. The third kappa shape index (κ3) is 7.01. The molecule has 1 atom stereocenters. The number of esters is 1. The van der Waals surface area contributed by atoms with E-state index in [0.717, 1.165) is 11.1 Å². The van der Waals surface area contributed by atoms with E-state index < -0.39 is 32.7 Å². The fraction of sp³-hybridized carbons (Fsp3) is 0.265. The lowest BCUT2D eigenvalue weighted by atomic mass is 9.78. The molecule has 0 spiro atoms. The molecule has 2 heterocycles. The quantitative estimate of drug-likeness (QED) is 0.159. The van der Waals surface area contributed by atoms with Gasteiger partial charge in [0, 0.05) is 24.1 Å². The van der Waals surface area contributed by atoms with E-state index in [2.05, 4.69) is 34.2 Å². The third-order valence-electron chi connectivity index (χ3n) is 8.01. The number of primary sulfonamides is 1. The molecule has 8 nitrogen and oxygen atoms in total. The molecule has 1 aliphatic heterocycles. The first-order chi connectivity index (χ1) is 20.7. The minimum absolute atomic E-state index is 0.0203. The van der Waals surface area contributed by atoms with Gasteiger partial charge in [-0.2, -0.15) is 0 Å². The predicted molar refractivity (Wildman–Crippen MR) is 164 cm³/mol. The number of cyclic esters (lactones) is 1. The summed E-state index contributed by atoms with van der Waals surface area (Å²) in [6.07, 6.45) is 4.56. The van der Waals surface area contributed by atoms with Crippen LogP contribution in [-0.4, -0.2) is 35.1 Å². The molecule has 0 amide bonds. The SMILES string of the molecule is CCC(C1=C(O)CC(CCc2ccccc2)(CCc2ccccc2)OC1=O)c1ccccc1-c1ccnc(S(N)(=O)=O)n1.